The van der Waals surface area contributed by atoms with Gasteiger partial charge < -0.3 is 5.73 Å². The fourth-order valence-corrected chi connectivity index (χ4v) is 7.97. The van der Waals surface area contributed by atoms with Gasteiger partial charge >= 0.3 is 0 Å². The van der Waals surface area contributed by atoms with E-state index < -0.39 is 39.3 Å². The molecule has 1 amide bonds. The summed E-state index contributed by atoms with van der Waals surface area (Å²) in [7, 11) is -4.14. The van der Waals surface area contributed by atoms with Crippen molar-refractivity contribution >= 4 is 60.8 Å². The number of benzene rings is 2. The highest BCUT2D eigenvalue weighted by Crippen LogP contribution is 2.48. The second kappa shape index (κ2) is 11.8. The van der Waals surface area contributed by atoms with Crippen LogP contribution in [0.25, 0.3) is 0 Å². The molecule has 1 heterocycles. The van der Waals surface area contributed by atoms with Gasteiger partial charge in [-0.15, -0.1) is 0 Å². The predicted octanol–water partition coefficient (Wildman–Crippen LogP) is 6.95. The van der Waals surface area contributed by atoms with E-state index in [1.165, 1.54) is 10.4 Å². The van der Waals surface area contributed by atoms with Crippen molar-refractivity contribution < 1.29 is 18.0 Å². The van der Waals surface area contributed by atoms with Crippen molar-refractivity contribution in [3.63, 3.8) is 0 Å². The lowest BCUT2D eigenvalue weighted by Gasteiger charge is -2.37. The van der Waals surface area contributed by atoms with E-state index in [-0.39, 0.29) is 33.6 Å². The molecule has 3 rings (SSSR count). The molecule has 0 aromatic heterocycles. The van der Waals surface area contributed by atoms with Gasteiger partial charge in [0.1, 0.15) is 0 Å². The maximum absolute atomic E-state index is 14.3. The van der Waals surface area contributed by atoms with E-state index in [0.29, 0.717) is 21.5 Å². The number of carbonyl (C=O) groups is 2. The third kappa shape index (κ3) is 6.53. The molecular formula is C28H33BrCl2N2O4S. The van der Waals surface area contributed by atoms with Crippen LogP contribution in [0.4, 0.5) is 0 Å². The van der Waals surface area contributed by atoms with E-state index in [2.05, 4.69) is 15.9 Å². The first-order valence-corrected chi connectivity index (χ1v) is 15.3. The molecule has 2 aromatic carbocycles. The molecule has 2 N–H and O–H groups in total. The lowest BCUT2D eigenvalue weighted by Crippen LogP contribution is -2.45. The summed E-state index contributed by atoms with van der Waals surface area (Å²) in [6.07, 6.45) is 2.06. The van der Waals surface area contributed by atoms with Crippen LogP contribution in [0.1, 0.15) is 59.1 Å². The molecule has 206 valence electrons. The minimum atomic E-state index is -4.14. The minimum Gasteiger partial charge on any atom is -0.369 e. The average Bonchev–Trinajstić information content (AvgIpc) is 3.22. The normalized spacial score (nSPS) is 19.4. The molecule has 0 aliphatic carbocycles. The average molecular weight is 644 g/mol. The summed E-state index contributed by atoms with van der Waals surface area (Å²) in [6.45, 7) is 9.66. The highest BCUT2D eigenvalue weighted by Gasteiger charge is 2.50. The SMILES string of the molecule is CC(C)C[C@H](CC(=O)C1=C[C@@H](C(C)(C)C)N(S(=O)(=O)c2ccccc2Br)C1c1ccc(Cl)c(Cl)c1)C(N)=O. The Morgan fingerprint density at radius 1 is 1.08 bits per heavy atom. The van der Waals surface area contributed by atoms with Gasteiger partial charge in [-0.3, -0.25) is 9.59 Å². The number of halogens is 3. The Morgan fingerprint density at radius 2 is 1.71 bits per heavy atom. The lowest BCUT2D eigenvalue weighted by molar-refractivity contribution is -0.126. The zero-order valence-electron chi connectivity index (χ0n) is 22.0. The highest BCUT2D eigenvalue weighted by molar-refractivity contribution is 9.10. The number of Topliss-reactive ketones (excluding diaryl/α,β-unsaturated/α-hetero) is 1. The number of amides is 1. The molecule has 0 spiro atoms. The summed E-state index contributed by atoms with van der Waals surface area (Å²) in [6, 6.07) is 9.76. The van der Waals surface area contributed by atoms with Crippen molar-refractivity contribution in [3.8, 4) is 0 Å². The van der Waals surface area contributed by atoms with Crippen LogP contribution in [0, 0.1) is 17.3 Å². The van der Waals surface area contributed by atoms with Gasteiger partial charge in [0.15, 0.2) is 5.78 Å². The minimum absolute atomic E-state index is 0.0798. The Labute approximate surface area is 243 Å². The molecule has 1 aliphatic rings. The van der Waals surface area contributed by atoms with E-state index >= 15 is 0 Å². The summed E-state index contributed by atoms with van der Waals surface area (Å²) >= 11 is 15.9. The number of primary amides is 1. The third-order valence-corrected chi connectivity index (χ3v) is 10.2. The largest absolute Gasteiger partial charge is 0.369 e. The van der Waals surface area contributed by atoms with E-state index in [4.69, 9.17) is 28.9 Å². The molecule has 0 saturated heterocycles. The van der Waals surface area contributed by atoms with Crippen molar-refractivity contribution in [2.75, 3.05) is 0 Å². The second-order valence-corrected chi connectivity index (χ2v) is 14.6. The Kier molecular flexibility index (Phi) is 9.58. The topological polar surface area (TPSA) is 97.5 Å². The Morgan fingerprint density at radius 3 is 2.24 bits per heavy atom. The number of nitrogens with zero attached hydrogens (tertiary/aromatic N) is 1. The molecule has 3 atom stereocenters. The number of nitrogens with two attached hydrogens (primary N) is 1. The van der Waals surface area contributed by atoms with Gasteiger partial charge in [0.05, 0.1) is 21.0 Å². The van der Waals surface area contributed by atoms with Gasteiger partial charge in [-0.05, 0) is 63.5 Å². The quantitative estimate of drug-likeness (QED) is 0.320. The molecule has 2 aromatic rings. The Bertz CT molecular complexity index is 1370. The number of ketones is 1. The molecule has 10 heteroatoms. The van der Waals surface area contributed by atoms with Crippen molar-refractivity contribution in [2.24, 2.45) is 23.0 Å². The standard InChI is InChI=1S/C28H33BrCl2N2O4S/c1-16(2)12-18(27(32)35)14-23(34)19-15-25(28(3,4)5)33(26(19)17-10-11-21(30)22(31)13-17)38(36,37)24-9-7-6-8-20(24)29/h6-11,13,15-16,18,25-26H,12,14H2,1-5H3,(H2,32,35)/t18-,25+,26?/m1/s1. The predicted molar refractivity (Wildman–Crippen MR) is 155 cm³/mol. The fraction of sp³-hybridized carbons (Fsp3) is 0.429. The maximum Gasteiger partial charge on any atom is 0.245 e. The number of carbonyl (C=O) groups excluding carboxylic acids is 2. The first kappa shape index (κ1) is 30.8. The van der Waals surface area contributed by atoms with E-state index in [1.807, 2.05) is 34.6 Å². The van der Waals surface area contributed by atoms with Crippen LogP contribution < -0.4 is 5.73 Å². The molecule has 1 aliphatic heterocycles. The van der Waals surface area contributed by atoms with Gasteiger partial charge in [-0.25, -0.2) is 8.42 Å². The van der Waals surface area contributed by atoms with Crippen LogP contribution in [0.3, 0.4) is 0 Å². The van der Waals surface area contributed by atoms with Gasteiger partial charge in [0.2, 0.25) is 15.9 Å². The molecule has 0 saturated carbocycles. The molecule has 0 radical (unpaired) electrons. The zero-order valence-corrected chi connectivity index (χ0v) is 26.0. The van der Waals surface area contributed by atoms with Crippen LogP contribution >= 0.6 is 39.1 Å². The second-order valence-electron chi connectivity index (χ2n) is 11.1. The molecule has 0 fully saturated rings. The Hall–Kier alpha value is -1.71. The maximum atomic E-state index is 14.3. The smallest absolute Gasteiger partial charge is 0.245 e. The summed E-state index contributed by atoms with van der Waals surface area (Å²) in [4.78, 5) is 26.1. The third-order valence-electron chi connectivity index (χ3n) is 6.61. The van der Waals surface area contributed by atoms with Crippen LogP contribution in [-0.2, 0) is 19.6 Å². The van der Waals surface area contributed by atoms with Gasteiger partial charge in [-0.2, -0.15) is 4.31 Å². The number of sulfonamides is 1. The molecule has 1 unspecified atom stereocenters. The van der Waals surface area contributed by atoms with Crippen molar-refractivity contribution in [3.05, 3.63) is 74.2 Å². The summed E-state index contributed by atoms with van der Waals surface area (Å²) in [5.74, 6) is -1.40. The van der Waals surface area contributed by atoms with Crippen LogP contribution in [0.5, 0.6) is 0 Å². The van der Waals surface area contributed by atoms with Crippen molar-refractivity contribution in [1.29, 1.82) is 0 Å². The summed E-state index contributed by atoms with van der Waals surface area (Å²) < 4.78 is 30.4. The molecule has 0 bridgehead atoms. The van der Waals surface area contributed by atoms with Gasteiger partial charge in [0.25, 0.3) is 0 Å². The molecule has 38 heavy (non-hydrogen) atoms. The Balaban J connectivity index is 2.24. The van der Waals surface area contributed by atoms with E-state index in [0.717, 1.165) is 0 Å². The van der Waals surface area contributed by atoms with Crippen LogP contribution in [0.15, 0.2) is 63.5 Å². The summed E-state index contributed by atoms with van der Waals surface area (Å²) in [5.41, 5.74) is 5.86. The lowest BCUT2D eigenvalue weighted by atomic mass is 9.86. The van der Waals surface area contributed by atoms with Gasteiger partial charge in [-0.1, -0.05) is 82.1 Å². The first-order chi connectivity index (χ1) is 17.6. The fourth-order valence-electron chi connectivity index (χ4n) is 4.79. The monoisotopic (exact) mass is 642 g/mol. The van der Waals surface area contributed by atoms with E-state index in [1.54, 1.807) is 42.5 Å². The van der Waals surface area contributed by atoms with Crippen LogP contribution in [0.2, 0.25) is 10.0 Å². The molecule has 6 nitrogen and oxygen atoms in total. The summed E-state index contributed by atoms with van der Waals surface area (Å²) in [5, 5.41) is 0.548. The number of rotatable bonds is 9. The number of hydrogen-bond acceptors (Lipinski definition) is 4. The highest BCUT2D eigenvalue weighted by atomic mass is 79.9. The van der Waals surface area contributed by atoms with Crippen LogP contribution in [-0.4, -0.2) is 30.5 Å². The first-order valence-electron chi connectivity index (χ1n) is 12.3. The van der Waals surface area contributed by atoms with Crippen molar-refractivity contribution in [1.82, 2.24) is 4.31 Å². The van der Waals surface area contributed by atoms with E-state index in [9.17, 15) is 18.0 Å². The number of hydrogen-bond donors (Lipinski definition) is 1. The van der Waals surface area contributed by atoms with Crippen molar-refractivity contribution in [2.45, 2.75) is 64.4 Å². The molecular weight excluding hydrogens is 611 g/mol. The van der Waals surface area contributed by atoms with Gasteiger partial charge in [0, 0.05) is 28.4 Å². The zero-order chi connectivity index (χ0) is 28.6.